The minimum atomic E-state index is -1.31. The Morgan fingerprint density at radius 1 is 1.24 bits per heavy atom. The summed E-state index contributed by atoms with van der Waals surface area (Å²) in [7, 11) is 0. The summed E-state index contributed by atoms with van der Waals surface area (Å²) in [6.45, 7) is 0.556. The van der Waals surface area contributed by atoms with Crippen LogP contribution in [0.3, 0.4) is 0 Å². The molecule has 2 atom stereocenters. The number of hydrogen-bond donors (Lipinski definition) is 4. The second kappa shape index (κ2) is 10.3. The normalized spacial score (nSPS) is 22.8. The minimum Gasteiger partial charge on any atom is -0.477 e. The van der Waals surface area contributed by atoms with Crippen LogP contribution in [0.15, 0.2) is 63.8 Å². The van der Waals surface area contributed by atoms with Crippen LogP contribution in [-0.4, -0.2) is 73.3 Å². The number of benzene rings is 1. The summed E-state index contributed by atoms with van der Waals surface area (Å²) in [5.74, 6) is -2.77. The van der Waals surface area contributed by atoms with E-state index >= 15 is 0 Å². The molecular weight excluding hydrogens is 532 g/mol. The standard InChI is InChI=1S/C24H22N6O6S2/c25-24-26-15(11-38-24)16(28-36)19(31)27-17-21(33)30-18(23(34)35)13(10-37-22(17)30)9-12-5-4-8-29(20(12)32)14-6-2-1-3-7-14/h1-3,6-7,9,11,17,22,36H,4-5,8,10H2,(H2,25,26)(H,27,31)(H,34,35)/t17-,22-/m1/s1. The van der Waals surface area contributed by atoms with Crippen molar-refractivity contribution in [2.45, 2.75) is 24.3 Å². The molecular formula is C24H22N6O6S2. The number of carboxylic acid groups (broad SMARTS) is 1. The van der Waals surface area contributed by atoms with Crippen LogP contribution in [0.2, 0.25) is 0 Å². The molecule has 1 aromatic carbocycles. The lowest BCUT2D eigenvalue weighted by molar-refractivity contribution is -0.150. The zero-order valence-corrected chi connectivity index (χ0v) is 21.4. The molecule has 5 N–H and O–H groups in total. The molecule has 12 nitrogen and oxygen atoms in total. The highest BCUT2D eigenvalue weighted by molar-refractivity contribution is 8.00. The molecule has 4 heterocycles. The monoisotopic (exact) mass is 554 g/mol. The maximum absolute atomic E-state index is 13.2. The molecule has 0 unspecified atom stereocenters. The number of aromatic nitrogens is 1. The van der Waals surface area contributed by atoms with Crippen LogP contribution >= 0.6 is 23.1 Å². The van der Waals surface area contributed by atoms with Crippen LogP contribution < -0.4 is 16.0 Å². The number of carbonyl (C=O) groups is 4. The van der Waals surface area contributed by atoms with Gasteiger partial charge in [-0.15, -0.1) is 23.1 Å². The van der Waals surface area contributed by atoms with E-state index in [1.165, 1.54) is 17.1 Å². The van der Waals surface area contributed by atoms with E-state index in [0.29, 0.717) is 30.5 Å². The summed E-state index contributed by atoms with van der Waals surface area (Å²) in [4.78, 5) is 57.8. The van der Waals surface area contributed by atoms with E-state index in [-0.39, 0.29) is 28.2 Å². The molecule has 14 heteroatoms. The van der Waals surface area contributed by atoms with Gasteiger partial charge in [-0.25, -0.2) is 9.78 Å². The van der Waals surface area contributed by atoms with Gasteiger partial charge in [-0.3, -0.25) is 19.3 Å². The lowest BCUT2D eigenvalue weighted by atomic mass is 9.97. The molecule has 0 saturated carbocycles. The number of carbonyl (C=O) groups excluding carboxylic acids is 3. The quantitative estimate of drug-likeness (QED) is 0.135. The van der Waals surface area contributed by atoms with Gasteiger partial charge in [-0.05, 0) is 36.6 Å². The van der Waals surface area contributed by atoms with E-state index in [1.807, 2.05) is 30.3 Å². The van der Waals surface area contributed by atoms with Gasteiger partial charge in [0.2, 0.25) is 0 Å². The lowest BCUT2D eigenvalue weighted by Gasteiger charge is -2.49. The molecule has 0 aliphatic carbocycles. The van der Waals surface area contributed by atoms with Crippen molar-refractivity contribution in [3.63, 3.8) is 0 Å². The summed E-state index contributed by atoms with van der Waals surface area (Å²) in [6.07, 6.45) is 2.78. The maximum Gasteiger partial charge on any atom is 0.352 e. The summed E-state index contributed by atoms with van der Waals surface area (Å²) >= 11 is 2.32. The van der Waals surface area contributed by atoms with Gasteiger partial charge in [-0.2, -0.15) is 0 Å². The number of anilines is 2. The van der Waals surface area contributed by atoms with Crippen molar-refractivity contribution in [2.75, 3.05) is 22.9 Å². The summed E-state index contributed by atoms with van der Waals surface area (Å²) in [5, 5.41) is 25.7. The number of nitrogens with one attached hydrogen (secondary N) is 1. The average Bonchev–Trinajstić information content (AvgIpc) is 3.34. The van der Waals surface area contributed by atoms with Gasteiger partial charge >= 0.3 is 5.97 Å². The Kier molecular flexibility index (Phi) is 6.91. The van der Waals surface area contributed by atoms with E-state index < -0.39 is 34.9 Å². The third-order valence-electron chi connectivity index (χ3n) is 6.33. The molecule has 1 aromatic heterocycles. The second-order valence-corrected chi connectivity index (χ2v) is 10.6. The van der Waals surface area contributed by atoms with Gasteiger partial charge in [0.15, 0.2) is 10.8 Å². The predicted octanol–water partition coefficient (Wildman–Crippen LogP) is 1.40. The Hall–Kier alpha value is -4.17. The van der Waals surface area contributed by atoms with Gasteiger partial charge in [-0.1, -0.05) is 23.4 Å². The Bertz CT molecular complexity index is 1420. The Morgan fingerprint density at radius 3 is 2.66 bits per heavy atom. The molecule has 2 fully saturated rings. The zero-order chi connectivity index (χ0) is 27.0. The number of hydrogen-bond acceptors (Lipinski definition) is 10. The number of nitrogens with two attached hydrogens (primary N) is 1. The second-order valence-electron chi connectivity index (χ2n) is 8.62. The number of carboxylic acids is 1. The number of piperidine rings is 1. The van der Waals surface area contributed by atoms with Gasteiger partial charge in [0, 0.05) is 28.9 Å². The Morgan fingerprint density at radius 2 is 2.00 bits per heavy atom. The number of amides is 3. The molecule has 2 saturated heterocycles. The highest BCUT2D eigenvalue weighted by Crippen LogP contribution is 2.41. The fourth-order valence-corrected chi connectivity index (χ4v) is 6.43. The zero-order valence-electron chi connectivity index (χ0n) is 19.7. The number of thioether (sulfide) groups is 1. The number of aliphatic carboxylic acids is 1. The van der Waals surface area contributed by atoms with Crippen LogP contribution in [0.25, 0.3) is 0 Å². The minimum absolute atomic E-state index is 0.0501. The fourth-order valence-electron chi connectivity index (χ4n) is 4.58. The highest BCUT2D eigenvalue weighted by atomic mass is 32.2. The first kappa shape index (κ1) is 25.5. The van der Waals surface area contributed by atoms with Crippen LogP contribution in [-0.2, 0) is 19.2 Å². The summed E-state index contributed by atoms with van der Waals surface area (Å²) < 4.78 is 0. The first-order valence-corrected chi connectivity index (χ1v) is 13.5. The first-order chi connectivity index (χ1) is 18.3. The number of nitrogens with zero attached hydrogens (tertiary/aromatic N) is 4. The van der Waals surface area contributed by atoms with Crippen LogP contribution in [0.5, 0.6) is 0 Å². The largest absolute Gasteiger partial charge is 0.477 e. The molecule has 196 valence electrons. The maximum atomic E-state index is 13.2. The van der Waals surface area contributed by atoms with Crippen molar-refractivity contribution < 1.29 is 29.5 Å². The number of rotatable bonds is 6. The fraction of sp³-hybridized carbons (Fsp3) is 0.250. The lowest BCUT2D eigenvalue weighted by Crippen LogP contribution is -2.71. The van der Waals surface area contributed by atoms with Gasteiger partial charge < -0.3 is 26.3 Å². The molecule has 0 spiro atoms. The number of oxime groups is 1. The van der Waals surface area contributed by atoms with Crippen molar-refractivity contribution in [2.24, 2.45) is 5.16 Å². The molecule has 3 aliphatic rings. The van der Waals surface area contributed by atoms with E-state index in [1.54, 1.807) is 11.0 Å². The highest BCUT2D eigenvalue weighted by Gasteiger charge is 2.54. The van der Waals surface area contributed by atoms with Gasteiger partial charge in [0.25, 0.3) is 17.7 Å². The number of thiazole rings is 1. The number of para-hydroxylation sites is 1. The number of allylic oxidation sites excluding steroid dienone is 1. The van der Waals surface area contributed by atoms with E-state index in [9.17, 15) is 29.5 Å². The van der Waals surface area contributed by atoms with Crippen LogP contribution in [0, 0.1) is 0 Å². The van der Waals surface area contributed by atoms with Crippen LogP contribution in [0.4, 0.5) is 10.8 Å². The van der Waals surface area contributed by atoms with Crippen molar-refractivity contribution >= 4 is 63.3 Å². The van der Waals surface area contributed by atoms with Gasteiger partial charge in [0.1, 0.15) is 22.8 Å². The number of β-lactam (4-membered cyclic amide) rings is 1. The number of nitrogen functional groups attached to an aromatic ring is 1. The molecule has 3 aliphatic heterocycles. The van der Waals surface area contributed by atoms with E-state index in [4.69, 9.17) is 5.73 Å². The van der Waals surface area contributed by atoms with Crippen molar-refractivity contribution in [3.8, 4) is 0 Å². The number of fused-ring (bicyclic) bond motifs is 1. The third kappa shape index (κ3) is 4.52. The van der Waals surface area contributed by atoms with Crippen molar-refractivity contribution in [1.82, 2.24) is 15.2 Å². The SMILES string of the molecule is Nc1nc(C(=NO)C(=O)N[C@@H]2C(=O)N3C(C(=O)O)=C(C=C4CCCN(c5ccccc5)C4=O)CS[C@H]23)cs1. The molecule has 3 amide bonds. The van der Waals surface area contributed by atoms with Crippen LogP contribution in [0.1, 0.15) is 18.5 Å². The van der Waals surface area contributed by atoms with E-state index in [0.717, 1.165) is 21.9 Å². The predicted molar refractivity (Wildman–Crippen MR) is 141 cm³/mol. The molecule has 0 bridgehead atoms. The third-order valence-corrected chi connectivity index (χ3v) is 8.31. The van der Waals surface area contributed by atoms with Gasteiger partial charge in [0.05, 0.1) is 0 Å². The molecule has 5 rings (SSSR count). The smallest absolute Gasteiger partial charge is 0.352 e. The summed E-state index contributed by atoms with van der Waals surface area (Å²) in [6, 6.07) is 8.20. The summed E-state index contributed by atoms with van der Waals surface area (Å²) in [5.41, 5.74) is 6.58. The topological polar surface area (TPSA) is 179 Å². The van der Waals surface area contributed by atoms with E-state index in [2.05, 4.69) is 15.5 Å². The average molecular weight is 555 g/mol. The Balaban J connectivity index is 1.36. The Labute approximate surface area is 224 Å². The van der Waals surface area contributed by atoms with Crippen molar-refractivity contribution in [1.29, 1.82) is 0 Å². The molecule has 2 aromatic rings. The first-order valence-electron chi connectivity index (χ1n) is 11.5. The van der Waals surface area contributed by atoms with Crippen molar-refractivity contribution in [3.05, 3.63) is 64.3 Å². The molecule has 38 heavy (non-hydrogen) atoms. The molecule has 0 radical (unpaired) electrons.